The number of nitrogens with zero attached hydrogens (tertiary/aromatic N) is 3. The molecule has 7 heteroatoms. The van der Waals surface area contributed by atoms with E-state index in [4.69, 9.17) is 4.74 Å². The summed E-state index contributed by atoms with van der Waals surface area (Å²) < 4.78 is 4.87. The summed E-state index contributed by atoms with van der Waals surface area (Å²) in [5.41, 5.74) is 0.308. The number of aromatic nitrogens is 2. The van der Waals surface area contributed by atoms with Crippen LogP contribution in [-0.2, 0) is 20.9 Å². The third kappa shape index (κ3) is 4.13. The maximum Gasteiger partial charge on any atom is 0.319 e. The van der Waals surface area contributed by atoms with E-state index in [2.05, 4.69) is 34.0 Å². The van der Waals surface area contributed by atoms with Crippen LogP contribution >= 0.6 is 0 Å². The first-order valence-electron chi connectivity index (χ1n) is 9.82. The second-order valence-corrected chi connectivity index (χ2v) is 8.17. The van der Waals surface area contributed by atoms with Crippen LogP contribution < -0.4 is 5.32 Å². The minimum atomic E-state index is -0.441. The highest BCUT2D eigenvalue weighted by molar-refractivity contribution is 5.84. The zero-order valence-electron chi connectivity index (χ0n) is 16.5. The molecule has 148 valence electrons. The van der Waals surface area contributed by atoms with Crippen LogP contribution in [-0.4, -0.2) is 52.5 Å². The van der Waals surface area contributed by atoms with Crippen LogP contribution in [0, 0.1) is 11.3 Å². The molecular formula is C20H30N4O3. The Bertz CT molecular complexity index is 666. The van der Waals surface area contributed by atoms with E-state index in [0.29, 0.717) is 12.5 Å². The smallest absolute Gasteiger partial charge is 0.319 e. The predicted molar refractivity (Wildman–Crippen MR) is 101 cm³/mol. The number of hydrogen-bond donors (Lipinski definition) is 1. The molecule has 2 aliphatic rings. The lowest BCUT2D eigenvalue weighted by molar-refractivity contribution is -0.143. The molecule has 7 nitrogen and oxygen atoms in total. The minimum absolute atomic E-state index is 0.0795. The van der Waals surface area contributed by atoms with Crippen molar-refractivity contribution in [3.05, 3.63) is 24.3 Å². The summed E-state index contributed by atoms with van der Waals surface area (Å²) in [5, 5.41) is 3.09. The highest BCUT2D eigenvalue weighted by atomic mass is 16.5. The Labute approximate surface area is 160 Å². The quantitative estimate of drug-likeness (QED) is 0.700. The summed E-state index contributed by atoms with van der Waals surface area (Å²) >= 11 is 0. The van der Waals surface area contributed by atoms with E-state index in [1.54, 1.807) is 18.6 Å². The topological polar surface area (TPSA) is 84.4 Å². The molecule has 0 aromatic carbocycles. The zero-order chi connectivity index (χ0) is 19.4. The normalized spacial score (nSPS) is 27.1. The van der Waals surface area contributed by atoms with Gasteiger partial charge in [0.05, 0.1) is 37.5 Å². The molecule has 2 bridgehead atoms. The molecule has 1 aromatic rings. The molecule has 1 amide bonds. The molecule has 0 unspecified atom stereocenters. The molecule has 3 atom stereocenters. The molecule has 3 rings (SSSR count). The number of rotatable bonds is 8. The van der Waals surface area contributed by atoms with Gasteiger partial charge in [-0.05, 0) is 38.0 Å². The van der Waals surface area contributed by atoms with Crippen molar-refractivity contribution >= 4 is 11.9 Å². The number of esters is 1. The summed E-state index contributed by atoms with van der Waals surface area (Å²) in [6.07, 6.45) is 9.57. The predicted octanol–water partition coefficient (Wildman–Crippen LogP) is 1.93. The Morgan fingerprint density at radius 2 is 2.19 bits per heavy atom. The number of carbonyl (C=O) groups excluding carboxylic acids is 2. The number of fused-ring (bicyclic) bond motifs is 2. The standard InChI is InChI=1S/C20H30N4O3/c1-14(2)6-7-20(19(26)23-12-15-11-21-8-9-22-15)10-16-4-5-17(20)24(16)13-18(25)27-3/h8-9,11,14,16-17H,4-7,10,12-13H2,1-3H3,(H,23,26)/t16-,17+,20+/m1/s1. The lowest BCUT2D eigenvalue weighted by atomic mass is 9.69. The van der Waals surface area contributed by atoms with Crippen molar-refractivity contribution in [1.29, 1.82) is 0 Å². The number of methoxy groups -OCH3 is 1. The summed E-state index contributed by atoms with van der Waals surface area (Å²) in [7, 11) is 1.42. The van der Waals surface area contributed by atoms with E-state index in [1.165, 1.54) is 7.11 Å². The first-order chi connectivity index (χ1) is 13.0. The average molecular weight is 374 g/mol. The third-order valence-corrected chi connectivity index (χ3v) is 6.09. The van der Waals surface area contributed by atoms with Gasteiger partial charge in [-0.1, -0.05) is 13.8 Å². The first-order valence-corrected chi connectivity index (χ1v) is 9.82. The lowest BCUT2D eigenvalue weighted by Crippen LogP contribution is -2.49. The van der Waals surface area contributed by atoms with E-state index in [-0.39, 0.29) is 30.5 Å². The van der Waals surface area contributed by atoms with Gasteiger partial charge in [-0.15, -0.1) is 0 Å². The van der Waals surface area contributed by atoms with Crippen LogP contribution in [0.15, 0.2) is 18.6 Å². The summed E-state index contributed by atoms with van der Waals surface area (Å²) in [4.78, 5) is 35.7. The van der Waals surface area contributed by atoms with Crippen LogP contribution in [0.25, 0.3) is 0 Å². The van der Waals surface area contributed by atoms with Crippen LogP contribution in [0.4, 0.5) is 0 Å². The highest BCUT2D eigenvalue weighted by Gasteiger charge is 2.59. The zero-order valence-corrected chi connectivity index (χ0v) is 16.5. The monoisotopic (exact) mass is 374 g/mol. The van der Waals surface area contributed by atoms with Crippen molar-refractivity contribution in [1.82, 2.24) is 20.2 Å². The second kappa shape index (κ2) is 8.33. The minimum Gasteiger partial charge on any atom is -0.468 e. The largest absolute Gasteiger partial charge is 0.468 e. The number of ether oxygens (including phenoxy) is 1. The summed E-state index contributed by atoms with van der Waals surface area (Å²) in [6.45, 7) is 5.02. The van der Waals surface area contributed by atoms with Gasteiger partial charge in [0.15, 0.2) is 0 Å². The van der Waals surface area contributed by atoms with Gasteiger partial charge >= 0.3 is 5.97 Å². The summed E-state index contributed by atoms with van der Waals surface area (Å²) in [6, 6.07) is 0.380. The van der Waals surface area contributed by atoms with E-state index in [0.717, 1.165) is 37.8 Å². The fourth-order valence-corrected chi connectivity index (χ4v) is 4.70. The van der Waals surface area contributed by atoms with Gasteiger partial charge in [-0.25, -0.2) is 0 Å². The second-order valence-electron chi connectivity index (χ2n) is 8.17. The fourth-order valence-electron chi connectivity index (χ4n) is 4.70. The summed E-state index contributed by atoms with van der Waals surface area (Å²) in [5.74, 6) is 0.380. The van der Waals surface area contributed by atoms with E-state index >= 15 is 0 Å². The van der Waals surface area contributed by atoms with Gasteiger partial charge in [-0.2, -0.15) is 0 Å². The van der Waals surface area contributed by atoms with Crippen LogP contribution in [0.3, 0.4) is 0 Å². The van der Waals surface area contributed by atoms with Gasteiger partial charge < -0.3 is 10.1 Å². The number of amides is 1. The number of nitrogens with one attached hydrogen (secondary N) is 1. The van der Waals surface area contributed by atoms with Crippen LogP contribution in [0.1, 0.15) is 51.6 Å². The van der Waals surface area contributed by atoms with Gasteiger partial charge in [0.1, 0.15) is 0 Å². The van der Waals surface area contributed by atoms with E-state index < -0.39 is 5.41 Å². The molecule has 2 saturated heterocycles. The van der Waals surface area contributed by atoms with Gasteiger partial charge in [0.2, 0.25) is 5.91 Å². The molecule has 0 aliphatic carbocycles. The maximum atomic E-state index is 13.3. The molecule has 0 saturated carbocycles. The van der Waals surface area contributed by atoms with E-state index in [1.807, 2.05) is 0 Å². The maximum absolute atomic E-state index is 13.3. The Hall–Kier alpha value is -2.02. The van der Waals surface area contributed by atoms with E-state index in [9.17, 15) is 9.59 Å². The molecule has 2 aliphatic heterocycles. The van der Waals surface area contributed by atoms with Crippen molar-refractivity contribution in [3.8, 4) is 0 Å². The molecule has 2 fully saturated rings. The molecule has 1 aromatic heterocycles. The average Bonchev–Trinajstić information content (AvgIpc) is 3.20. The molecular weight excluding hydrogens is 344 g/mol. The van der Waals surface area contributed by atoms with Gasteiger partial charge in [0.25, 0.3) is 0 Å². The van der Waals surface area contributed by atoms with Crippen LogP contribution in [0.5, 0.6) is 0 Å². The molecule has 3 heterocycles. The molecule has 0 radical (unpaired) electrons. The van der Waals surface area contributed by atoms with Crippen LogP contribution in [0.2, 0.25) is 0 Å². The Kier molecular flexibility index (Phi) is 6.09. The lowest BCUT2D eigenvalue weighted by Gasteiger charge is -2.37. The number of carbonyl (C=O) groups is 2. The molecule has 1 N–H and O–H groups in total. The van der Waals surface area contributed by atoms with Gasteiger partial charge in [-0.3, -0.25) is 24.5 Å². The first kappa shape index (κ1) is 19.7. The Morgan fingerprint density at radius 3 is 2.85 bits per heavy atom. The van der Waals surface area contributed by atoms with Crippen molar-refractivity contribution in [2.24, 2.45) is 11.3 Å². The van der Waals surface area contributed by atoms with Crippen molar-refractivity contribution in [3.63, 3.8) is 0 Å². The third-order valence-electron chi connectivity index (χ3n) is 6.09. The van der Waals surface area contributed by atoms with Crippen molar-refractivity contribution in [2.75, 3.05) is 13.7 Å². The van der Waals surface area contributed by atoms with Crippen molar-refractivity contribution in [2.45, 2.75) is 64.6 Å². The highest BCUT2D eigenvalue weighted by Crippen LogP contribution is 2.52. The van der Waals surface area contributed by atoms with Gasteiger partial charge in [0, 0.05) is 24.5 Å². The van der Waals surface area contributed by atoms with Crippen molar-refractivity contribution < 1.29 is 14.3 Å². The SMILES string of the molecule is COC(=O)CN1[C@@H]2CC[C@H]1[C@@](CCC(C)C)(C(=O)NCc1cnccn1)C2. The molecule has 27 heavy (non-hydrogen) atoms. The Balaban J connectivity index is 1.76. The Morgan fingerprint density at radius 1 is 1.37 bits per heavy atom. The number of hydrogen-bond acceptors (Lipinski definition) is 6. The fraction of sp³-hybridized carbons (Fsp3) is 0.700. The molecule has 0 spiro atoms.